The largest absolute Gasteiger partial charge is 0.430 e. The lowest BCUT2D eigenvalue weighted by Gasteiger charge is -2.18. The minimum absolute atomic E-state index is 0.169. The number of benzene rings is 1. The summed E-state index contributed by atoms with van der Waals surface area (Å²) in [4.78, 5) is 29.8. The summed E-state index contributed by atoms with van der Waals surface area (Å²) in [7, 11) is 1.49. The van der Waals surface area contributed by atoms with Gasteiger partial charge in [-0.2, -0.15) is 5.48 Å². The van der Waals surface area contributed by atoms with Crippen LogP contribution in [0.4, 0.5) is 11.4 Å². The lowest BCUT2D eigenvalue weighted by atomic mass is 9.97. The van der Waals surface area contributed by atoms with Crippen molar-refractivity contribution in [2.45, 2.75) is 48.0 Å². The first-order chi connectivity index (χ1) is 14.3. The van der Waals surface area contributed by atoms with E-state index in [0.29, 0.717) is 17.2 Å². The molecule has 0 aromatic heterocycles. The molecule has 0 saturated heterocycles. The van der Waals surface area contributed by atoms with Gasteiger partial charge in [-0.05, 0) is 53.7 Å². The lowest BCUT2D eigenvalue weighted by Crippen LogP contribution is -2.76. The third kappa shape index (κ3) is 6.26. The van der Waals surface area contributed by atoms with Crippen LogP contribution >= 0.6 is 0 Å². The van der Waals surface area contributed by atoms with E-state index in [-0.39, 0.29) is 23.8 Å². The van der Waals surface area contributed by atoms with Crippen molar-refractivity contribution in [3.05, 3.63) is 42.2 Å². The van der Waals surface area contributed by atoms with Gasteiger partial charge in [0, 0.05) is 16.9 Å². The molecule has 168 valence electrons. The Bertz CT molecular complexity index is 946. The fourth-order valence-corrected chi connectivity index (χ4v) is 2.52. The van der Waals surface area contributed by atoms with Crippen molar-refractivity contribution in [1.29, 1.82) is 0 Å². The van der Waals surface area contributed by atoms with E-state index in [1.165, 1.54) is 12.6 Å². The standard InChI is InChI=1S/C23H31N2O6/c1-22(2,3)20(26)30-16-11-8-10-15(14-16)25(28)19-17(24-29-7)12-9-13-18(19)31-21(27)23(4,5)6/h8-13,24,28H,14H2,1-7H3/q+1/p+1/b25-15+. The quantitative estimate of drug-likeness (QED) is 0.185. The smallest absolute Gasteiger partial charge is 0.362 e. The molecule has 0 heterocycles. The van der Waals surface area contributed by atoms with Crippen molar-refractivity contribution in [3.8, 4) is 5.75 Å². The van der Waals surface area contributed by atoms with Gasteiger partial charge in [0.15, 0.2) is 0 Å². The number of rotatable bonds is 5. The molecule has 1 aliphatic carbocycles. The summed E-state index contributed by atoms with van der Waals surface area (Å²) < 4.78 is 12.0. The minimum atomic E-state index is -0.729. The van der Waals surface area contributed by atoms with E-state index in [4.69, 9.17) is 14.3 Å². The molecule has 0 radical (unpaired) electrons. The molecule has 0 unspecified atom stereocenters. The number of hydrogen-bond donors (Lipinski definition) is 2. The Labute approximate surface area is 182 Å². The summed E-state index contributed by atoms with van der Waals surface area (Å²) in [6.45, 7) is 10.5. The van der Waals surface area contributed by atoms with Gasteiger partial charge >= 0.3 is 17.6 Å². The average Bonchev–Trinajstić information content (AvgIpc) is 2.66. The predicted octanol–water partition coefficient (Wildman–Crippen LogP) is 3.30. The van der Waals surface area contributed by atoms with E-state index in [1.807, 2.05) is 0 Å². The molecule has 8 heteroatoms. The number of carbonyl (C=O) groups is 2. The lowest BCUT2D eigenvalue weighted by molar-refractivity contribution is -0.834. The zero-order chi connectivity index (χ0) is 23.4. The van der Waals surface area contributed by atoms with E-state index in [0.717, 1.165) is 4.74 Å². The Hall–Kier alpha value is -2.97. The Morgan fingerprint density at radius 3 is 2.23 bits per heavy atom. The number of nitrogens with zero attached hydrogens (tertiary/aromatic N) is 1. The summed E-state index contributed by atoms with van der Waals surface area (Å²) >= 11 is 0. The average molecular weight is 433 g/mol. The maximum Gasteiger partial charge on any atom is 0.362 e. The Kier molecular flexibility index (Phi) is 7.41. The van der Waals surface area contributed by atoms with Gasteiger partial charge in [-0.3, -0.25) is 14.8 Å². The van der Waals surface area contributed by atoms with E-state index in [1.54, 1.807) is 78.0 Å². The first kappa shape index (κ1) is 24.3. The molecule has 0 fully saturated rings. The van der Waals surface area contributed by atoms with Crippen molar-refractivity contribution in [1.82, 2.24) is 0 Å². The Balaban J connectivity index is 2.45. The number of quaternary nitrogens is 1. The highest BCUT2D eigenvalue weighted by molar-refractivity contribution is 5.95. The fraction of sp³-hybridized carbons (Fsp3) is 0.435. The summed E-state index contributed by atoms with van der Waals surface area (Å²) in [5, 5.41) is 11.1. The molecule has 1 aliphatic rings. The number of carbonyl (C=O) groups excluding carboxylic acids is 2. The van der Waals surface area contributed by atoms with Gasteiger partial charge in [0.25, 0.3) is 0 Å². The minimum Gasteiger partial charge on any atom is -0.430 e. The van der Waals surface area contributed by atoms with Crippen molar-refractivity contribution < 1.29 is 39.3 Å². The molecule has 8 nitrogen and oxygen atoms in total. The molecule has 0 amide bonds. The van der Waals surface area contributed by atoms with Crippen molar-refractivity contribution in [3.63, 3.8) is 0 Å². The maximum absolute atomic E-state index is 12.5. The normalized spacial score (nSPS) is 15.9. The SMILES string of the molecule is CO[NH2+]c1cccc(OC(=O)C(C)(C)C)c1/[N+](O)=C1/C=CC=C(OC(=O)C(C)(C)C)C1. The highest BCUT2D eigenvalue weighted by atomic mass is 16.6. The van der Waals surface area contributed by atoms with Crippen LogP contribution in [-0.4, -0.2) is 34.7 Å². The second-order valence-electron chi connectivity index (χ2n) is 9.30. The van der Waals surface area contributed by atoms with Gasteiger partial charge in [0.05, 0.1) is 24.4 Å². The molecule has 0 spiro atoms. The van der Waals surface area contributed by atoms with Crippen LogP contribution in [0, 0.1) is 10.8 Å². The van der Waals surface area contributed by atoms with Crippen LogP contribution in [0.3, 0.4) is 0 Å². The van der Waals surface area contributed by atoms with E-state index in [2.05, 4.69) is 0 Å². The summed E-state index contributed by atoms with van der Waals surface area (Å²) in [6.07, 6.45) is 5.21. The van der Waals surface area contributed by atoms with Gasteiger partial charge in [0.1, 0.15) is 5.76 Å². The second kappa shape index (κ2) is 9.45. The number of ether oxygens (including phenoxy) is 2. The maximum atomic E-state index is 12.5. The topological polar surface area (TPSA) is 102 Å². The van der Waals surface area contributed by atoms with Crippen molar-refractivity contribution in [2.75, 3.05) is 7.11 Å². The van der Waals surface area contributed by atoms with E-state index < -0.39 is 16.8 Å². The van der Waals surface area contributed by atoms with E-state index in [9.17, 15) is 14.8 Å². The van der Waals surface area contributed by atoms with Crippen LogP contribution < -0.4 is 10.2 Å². The number of esters is 2. The molecule has 0 bridgehead atoms. The Morgan fingerprint density at radius 1 is 1.03 bits per heavy atom. The number of hydrogen-bond acceptors (Lipinski definition) is 6. The highest BCUT2D eigenvalue weighted by Crippen LogP contribution is 2.34. The Morgan fingerprint density at radius 2 is 1.65 bits per heavy atom. The zero-order valence-corrected chi connectivity index (χ0v) is 19.2. The fourth-order valence-electron chi connectivity index (χ4n) is 2.52. The van der Waals surface area contributed by atoms with Gasteiger partial charge in [0.2, 0.25) is 17.1 Å². The first-order valence-corrected chi connectivity index (χ1v) is 10.00. The number of allylic oxidation sites excluding steroid dienone is 4. The summed E-state index contributed by atoms with van der Waals surface area (Å²) in [5.74, 6) is -0.235. The summed E-state index contributed by atoms with van der Waals surface area (Å²) in [6, 6.07) is 5.02. The van der Waals surface area contributed by atoms with Crippen LogP contribution in [0.25, 0.3) is 0 Å². The predicted molar refractivity (Wildman–Crippen MR) is 114 cm³/mol. The molecular formula is C23H32N2O6+2. The molecule has 3 N–H and O–H groups in total. The highest BCUT2D eigenvalue weighted by Gasteiger charge is 2.34. The third-order valence-electron chi connectivity index (χ3n) is 4.34. The second-order valence-corrected chi connectivity index (χ2v) is 9.30. The van der Waals surface area contributed by atoms with Crippen molar-refractivity contribution >= 4 is 29.0 Å². The zero-order valence-electron chi connectivity index (χ0n) is 19.2. The monoisotopic (exact) mass is 432 g/mol. The van der Waals surface area contributed by atoms with Crippen molar-refractivity contribution in [2.24, 2.45) is 10.8 Å². The number of nitrogens with two attached hydrogens (primary N) is 1. The van der Waals surface area contributed by atoms with E-state index >= 15 is 0 Å². The van der Waals surface area contributed by atoms with Crippen LogP contribution in [-0.2, 0) is 19.2 Å². The van der Waals surface area contributed by atoms with Crippen LogP contribution in [0.1, 0.15) is 48.0 Å². The molecule has 1 aromatic carbocycles. The molecule has 0 atom stereocenters. The van der Waals surface area contributed by atoms with Crippen LogP contribution in [0.15, 0.2) is 42.2 Å². The van der Waals surface area contributed by atoms with Crippen LogP contribution in [0.5, 0.6) is 5.75 Å². The summed E-state index contributed by atoms with van der Waals surface area (Å²) in [5.41, 5.74) is 1.24. The molecule has 0 saturated carbocycles. The molecule has 2 rings (SSSR count). The van der Waals surface area contributed by atoms with Gasteiger partial charge < -0.3 is 9.47 Å². The molecule has 31 heavy (non-hydrogen) atoms. The first-order valence-electron chi connectivity index (χ1n) is 10.00. The number of para-hydroxylation sites is 1. The molecule has 1 aromatic rings. The van der Waals surface area contributed by atoms with Gasteiger partial charge in [-0.15, -0.1) is 0 Å². The molecule has 0 aliphatic heterocycles. The van der Waals surface area contributed by atoms with Crippen LogP contribution in [0.2, 0.25) is 0 Å². The van der Waals surface area contributed by atoms with Gasteiger partial charge in [-0.25, -0.2) is 4.84 Å². The van der Waals surface area contributed by atoms with Gasteiger partial charge in [-0.1, -0.05) is 12.1 Å². The molecular weight excluding hydrogens is 400 g/mol. The third-order valence-corrected chi connectivity index (χ3v) is 4.34.